The van der Waals surface area contributed by atoms with Gasteiger partial charge in [0.25, 0.3) is 5.91 Å². The zero-order chi connectivity index (χ0) is 18.2. The highest BCUT2D eigenvalue weighted by atomic mass is 35.5. The summed E-state index contributed by atoms with van der Waals surface area (Å²) in [4.78, 5) is 12.9. The van der Waals surface area contributed by atoms with Crippen LogP contribution in [0.2, 0.25) is 5.02 Å². The summed E-state index contributed by atoms with van der Waals surface area (Å²) in [5.41, 5.74) is 2.68. The average Bonchev–Trinajstić information content (AvgIpc) is 2.93. The second-order valence-electron chi connectivity index (χ2n) is 5.22. The Balaban J connectivity index is 1.89. The Bertz CT molecular complexity index is 776. The minimum atomic E-state index is -0.280. The Morgan fingerprint density at radius 3 is 2.92 bits per heavy atom. The summed E-state index contributed by atoms with van der Waals surface area (Å²) in [7, 11) is 3.34. The SMILES string of the molecule is COCCCNC(=S)N(C)NC(=O)/C=C/c1sc2ccccc2c1Cl. The Kier molecular flexibility index (Phi) is 7.64. The van der Waals surface area contributed by atoms with Crippen molar-refractivity contribution >= 4 is 62.3 Å². The maximum Gasteiger partial charge on any atom is 0.262 e. The van der Waals surface area contributed by atoms with Crippen LogP contribution in [0.5, 0.6) is 0 Å². The second kappa shape index (κ2) is 9.72. The van der Waals surface area contributed by atoms with Crippen molar-refractivity contribution in [3.63, 3.8) is 0 Å². The van der Waals surface area contributed by atoms with Crippen molar-refractivity contribution in [3.05, 3.63) is 40.2 Å². The average molecular weight is 398 g/mol. The molecule has 2 rings (SSSR count). The highest BCUT2D eigenvalue weighted by Crippen LogP contribution is 2.35. The van der Waals surface area contributed by atoms with Crippen LogP contribution in [0, 0.1) is 0 Å². The lowest BCUT2D eigenvalue weighted by Gasteiger charge is -2.20. The number of carbonyl (C=O) groups is 1. The molecule has 0 aliphatic rings. The third-order valence-electron chi connectivity index (χ3n) is 3.33. The van der Waals surface area contributed by atoms with Crippen LogP contribution >= 0.6 is 35.2 Å². The first kappa shape index (κ1) is 19.7. The largest absolute Gasteiger partial charge is 0.385 e. The number of amides is 1. The van der Waals surface area contributed by atoms with Gasteiger partial charge in [-0.3, -0.25) is 15.2 Å². The molecule has 25 heavy (non-hydrogen) atoms. The molecule has 0 aliphatic carbocycles. The number of carbonyl (C=O) groups excluding carboxylic acids is 1. The summed E-state index contributed by atoms with van der Waals surface area (Å²) in [5.74, 6) is -0.280. The molecule has 5 nitrogen and oxygen atoms in total. The highest BCUT2D eigenvalue weighted by molar-refractivity contribution is 7.80. The number of halogens is 1. The normalized spacial score (nSPS) is 11.0. The lowest BCUT2D eigenvalue weighted by atomic mass is 10.2. The van der Waals surface area contributed by atoms with Crippen molar-refractivity contribution in [1.29, 1.82) is 0 Å². The second-order valence-corrected chi connectivity index (χ2v) is 7.07. The number of nitrogens with one attached hydrogen (secondary N) is 2. The van der Waals surface area contributed by atoms with Gasteiger partial charge in [-0.15, -0.1) is 11.3 Å². The molecular formula is C17H20ClN3O2S2. The number of ether oxygens (including phenoxy) is 1. The monoisotopic (exact) mass is 397 g/mol. The number of fused-ring (bicyclic) bond motifs is 1. The molecule has 0 spiro atoms. The molecular weight excluding hydrogens is 378 g/mol. The molecule has 0 bridgehead atoms. The van der Waals surface area contributed by atoms with Crippen molar-refractivity contribution in [2.24, 2.45) is 0 Å². The van der Waals surface area contributed by atoms with E-state index in [-0.39, 0.29) is 5.91 Å². The van der Waals surface area contributed by atoms with Crippen molar-refractivity contribution in [2.75, 3.05) is 27.3 Å². The highest BCUT2D eigenvalue weighted by Gasteiger charge is 2.09. The van der Waals surface area contributed by atoms with E-state index in [9.17, 15) is 4.79 Å². The minimum Gasteiger partial charge on any atom is -0.385 e. The quantitative estimate of drug-likeness (QED) is 0.338. The summed E-state index contributed by atoms with van der Waals surface area (Å²) in [6.07, 6.45) is 3.99. The van der Waals surface area contributed by atoms with E-state index in [1.807, 2.05) is 24.3 Å². The molecule has 2 aromatic rings. The van der Waals surface area contributed by atoms with Gasteiger partial charge in [0, 0.05) is 48.3 Å². The summed E-state index contributed by atoms with van der Waals surface area (Å²) < 4.78 is 6.06. The Hall–Kier alpha value is -1.67. The lowest BCUT2D eigenvalue weighted by molar-refractivity contribution is -0.119. The summed E-state index contributed by atoms with van der Waals surface area (Å²) in [6.45, 7) is 1.34. The van der Waals surface area contributed by atoms with Gasteiger partial charge in [0.1, 0.15) is 0 Å². The standard InChI is InChI=1S/C17H20ClN3O2S2/c1-21(17(24)19-10-5-11-23-2)20-15(22)9-8-14-16(18)12-6-3-4-7-13(12)25-14/h3-4,6-9H,5,10-11H2,1-2H3,(H,19,24)(H,20,22)/b9-8+. The number of thiophene rings is 1. The minimum absolute atomic E-state index is 0.280. The van der Waals surface area contributed by atoms with Crippen LogP contribution in [0.25, 0.3) is 16.2 Å². The van der Waals surface area contributed by atoms with E-state index >= 15 is 0 Å². The fourth-order valence-electron chi connectivity index (χ4n) is 2.08. The molecule has 8 heteroatoms. The van der Waals surface area contributed by atoms with Crippen LogP contribution < -0.4 is 10.7 Å². The van der Waals surface area contributed by atoms with Gasteiger partial charge >= 0.3 is 0 Å². The first-order chi connectivity index (χ1) is 12.0. The lowest BCUT2D eigenvalue weighted by Crippen LogP contribution is -2.47. The van der Waals surface area contributed by atoms with Gasteiger partial charge in [0.05, 0.1) is 5.02 Å². The van der Waals surface area contributed by atoms with E-state index in [0.717, 1.165) is 21.4 Å². The molecule has 1 aromatic heterocycles. The van der Waals surface area contributed by atoms with Gasteiger partial charge in [0.15, 0.2) is 5.11 Å². The van der Waals surface area contributed by atoms with Gasteiger partial charge in [-0.1, -0.05) is 29.8 Å². The van der Waals surface area contributed by atoms with Crippen LogP contribution in [-0.4, -0.2) is 43.3 Å². The van der Waals surface area contributed by atoms with Gasteiger partial charge < -0.3 is 10.1 Å². The molecule has 0 saturated carbocycles. The molecule has 0 unspecified atom stereocenters. The summed E-state index contributed by atoms with van der Waals surface area (Å²) in [5, 5.41) is 6.61. The summed E-state index contributed by atoms with van der Waals surface area (Å²) in [6, 6.07) is 7.87. The molecule has 1 amide bonds. The van der Waals surface area contributed by atoms with Gasteiger partial charge in [-0.25, -0.2) is 0 Å². The number of nitrogens with zero attached hydrogens (tertiary/aromatic N) is 1. The zero-order valence-corrected chi connectivity index (χ0v) is 16.4. The maximum absolute atomic E-state index is 12.0. The van der Waals surface area contributed by atoms with Gasteiger partial charge in [-0.2, -0.15) is 0 Å². The predicted octanol–water partition coefficient (Wildman–Crippen LogP) is 3.44. The first-order valence-electron chi connectivity index (χ1n) is 7.69. The van der Waals surface area contributed by atoms with Crippen LogP contribution in [0.1, 0.15) is 11.3 Å². The van der Waals surface area contributed by atoms with E-state index in [1.54, 1.807) is 31.6 Å². The number of thiocarbonyl (C=S) groups is 1. The smallest absolute Gasteiger partial charge is 0.262 e. The van der Waals surface area contributed by atoms with E-state index < -0.39 is 0 Å². The van der Waals surface area contributed by atoms with E-state index in [1.165, 1.54) is 11.1 Å². The number of hydrazine groups is 1. The van der Waals surface area contributed by atoms with E-state index in [0.29, 0.717) is 23.3 Å². The van der Waals surface area contributed by atoms with Crippen LogP contribution in [0.3, 0.4) is 0 Å². The number of methoxy groups -OCH3 is 1. The topological polar surface area (TPSA) is 53.6 Å². The molecule has 2 N–H and O–H groups in total. The van der Waals surface area contributed by atoms with Crippen molar-refractivity contribution in [1.82, 2.24) is 15.8 Å². The van der Waals surface area contributed by atoms with Crippen LogP contribution in [0.4, 0.5) is 0 Å². The van der Waals surface area contributed by atoms with Crippen molar-refractivity contribution < 1.29 is 9.53 Å². The predicted molar refractivity (Wildman–Crippen MR) is 109 cm³/mol. The summed E-state index contributed by atoms with van der Waals surface area (Å²) >= 11 is 13.1. The van der Waals surface area contributed by atoms with E-state index in [2.05, 4.69) is 10.7 Å². The number of rotatable bonds is 6. The molecule has 1 heterocycles. The fraction of sp³-hybridized carbons (Fsp3) is 0.294. The fourth-order valence-corrected chi connectivity index (χ4v) is 3.62. The third-order valence-corrected chi connectivity index (χ3v) is 5.40. The van der Waals surface area contributed by atoms with Crippen LogP contribution in [0.15, 0.2) is 30.3 Å². The van der Waals surface area contributed by atoms with Gasteiger partial charge in [0.2, 0.25) is 0 Å². The Morgan fingerprint density at radius 1 is 1.44 bits per heavy atom. The van der Waals surface area contributed by atoms with Crippen molar-refractivity contribution in [2.45, 2.75) is 6.42 Å². The van der Waals surface area contributed by atoms with Crippen LogP contribution in [-0.2, 0) is 9.53 Å². The Labute approximate surface area is 161 Å². The third kappa shape index (κ3) is 5.67. The number of benzene rings is 1. The first-order valence-corrected chi connectivity index (χ1v) is 9.29. The molecule has 0 radical (unpaired) electrons. The molecule has 0 fully saturated rings. The Morgan fingerprint density at radius 2 is 2.20 bits per heavy atom. The number of hydrogen-bond acceptors (Lipinski definition) is 4. The molecule has 0 saturated heterocycles. The van der Waals surface area contributed by atoms with E-state index in [4.69, 9.17) is 28.6 Å². The maximum atomic E-state index is 12.0. The van der Waals surface area contributed by atoms with Crippen molar-refractivity contribution in [3.8, 4) is 0 Å². The molecule has 134 valence electrons. The van der Waals surface area contributed by atoms with Gasteiger partial charge in [-0.05, 0) is 30.8 Å². The molecule has 0 aliphatic heterocycles. The molecule has 1 aromatic carbocycles. The zero-order valence-electron chi connectivity index (χ0n) is 14.0. The number of hydrogen-bond donors (Lipinski definition) is 2. The molecule has 0 atom stereocenters.